The lowest BCUT2D eigenvalue weighted by Crippen LogP contribution is -1.81. The molecular formula is C9H10OS2. The third-order valence-electron chi connectivity index (χ3n) is 1.35. The molecule has 0 N–H and O–H groups in total. The van der Waals surface area contributed by atoms with Crippen molar-refractivity contribution in [2.75, 3.05) is 6.26 Å². The Hall–Kier alpha value is -0.540. The third-order valence-corrected chi connectivity index (χ3v) is 3.37. The molecule has 64 valence electrons. The summed E-state index contributed by atoms with van der Waals surface area (Å²) >= 11 is 0. The average molecular weight is 198 g/mol. The molecule has 1 rings (SSSR count). The third kappa shape index (κ3) is 2.50. The van der Waals surface area contributed by atoms with E-state index >= 15 is 0 Å². The predicted octanol–water partition coefficient (Wildman–Crippen LogP) is 2.72. The molecule has 1 aromatic carbocycles. The monoisotopic (exact) mass is 198 g/mol. The predicted molar refractivity (Wildman–Crippen MR) is 56.5 cm³/mol. The van der Waals surface area contributed by atoms with Gasteiger partial charge in [0.2, 0.25) is 0 Å². The Balaban J connectivity index is 2.96. The molecule has 0 amide bonds. The van der Waals surface area contributed by atoms with E-state index in [0.29, 0.717) is 0 Å². The minimum Gasteiger partial charge on any atom is -0.248 e. The highest BCUT2D eigenvalue weighted by molar-refractivity contribution is 8.69. The fraction of sp³-hybridized carbons (Fsp3) is 0.111. The lowest BCUT2D eigenvalue weighted by Gasteiger charge is -2.01. The van der Waals surface area contributed by atoms with Crippen molar-refractivity contribution in [1.82, 2.24) is 0 Å². The van der Waals surface area contributed by atoms with Crippen molar-refractivity contribution < 1.29 is 4.21 Å². The van der Waals surface area contributed by atoms with Crippen LogP contribution in [-0.2, 0) is 9.83 Å². The summed E-state index contributed by atoms with van der Waals surface area (Å²) in [5.74, 6) is 0. The minimum absolute atomic E-state index is 0.860. The van der Waals surface area contributed by atoms with Gasteiger partial charge >= 0.3 is 0 Å². The van der Waals surface area contributed by atoms with Gasteiger partial charge in [-0.25, -0.2) is 4.21 Å². The molecule has 1 aromatic rings. The van der Waals surface area contributed by atoms with Crippen LogP contribution >= 0.6 is 10.8 Å². The maximum atomic E-state index is 10.9. The molecule has 0 heterocycles. The molecule has 0 spiro atoms. The maximum absolute atomic E-state index is 10.9. The van der Waals surface area contributed by atoms with Gasteiger partial charge in [-0.3, -0.25) is 0 Å². The molecule has 1 unspecified atom stereocenters. The fourth-order valence-electron chi connectivity index (χ4n) is 0.851. The van der Waals surface area contributed by atoms with Crippen molar-refractivity contribution in [2.24, 2.45) is 0 Å². The van der Waals surface area contributed by atoms with E-state index in [9.17, 15) is 4.21 Å². The Bertz CT molecular complexity index is 307. The van der Waals surface area contributed by atoms with Gasteiger partial charge in [-0.1, -0.05) is 30.9 Å². The van der Waals surface area contributed by atoms with Gasteiger partial charge in [0.05, 0.1) is 9.83 Å². The van der Waals surface area contributed by atoms with Crippen molar-refractivity contribution in [3.05, 3.63) is 36.4 Å². The summed E-state index contributed by atoms with van der Waals surface area (Å²) in [6.45, 7) is 3.69. The first-order valence-electron chi connectivity index (χ1n) is 3.47. The van der Waals surface area contributed by atoms with Crippen LogP contribution in [0.15, 0.2) is 35.7 Å². The zero-order valence-electron chi connectivity index (χ0n) is 6.82. The Kier molecular flexibility index (Phi) is 3.56. The normalized spacial score (nSPS) is 12.4. The van der Waals surface area contributed by atoms with E-state index < -0.39 is 9.83 Å². The summed E-state index contributed by atoms with van der Waals surface area (Å²) in [6.07, 6.45) is 3.44. The van der Waals surface area contributed by atoms with Crippen LogP contribution in [0.25, 0.3) is 6.08 Å². The molecule has 0 radical (unpaired) electrons. The molecule has 0 aliphatic carbocycles. The van der Waals surface area contributed by atoms with E-state index in [2.05, 4.69) is 6.58 Å². The van der Waals surface area contributed by atoms with Gasteiger partial charge < -0.3 is 0 Å². The van der Waals surface area contributed by atoms with E-state index in [1.807, 2.05) is 24.3 Å². The van der Waals surface area contributed by atoms with Crippen LogP contribution < -0.4 is 0 Å². The Morgan fingerprint density at radius 1 is 1.50 bits per heavy atom. The molecule has 0 fully saturated rings. The number of rotatable bonds is 3. The zero-order valence-corrected chi connectivity index (χ0v) is 8.45. The largest absolute Gasteiger partial charge is 0.248 e. The second kappa shape index (κ2) is 4.48. The summed E-state index contributed by atoms with van der Waals surface area (Å²) in [5.41, 5.74) is 1.04. The van der Waals surface area contributed by atoms with Crippen LogP contribution in [0.4, 0.5) is 0 Å². The molecule has 1 nitrogen and oxygen atoms in total. The molecule has 1 atom stereocenters. The fourth-order valence-corrected chi connectivity index (χ4v) is 2.70. The van der Waals surface area contributed by atoms with Gasteiger partial charge in [-0.15, -0.1) is 0 Å². The van der Waals surface area contributed by atoms with Gasteiger partial charge in [-0.2, -0.15) is 0 Å². The van der Waals surface area contributed by atoms with E-state index in [0.717, 1.165) is 10.5 Å². The Labute approximate surface area is 78.7 Å². The summed E-state index contributed by atoms with van der Waals surface area (Å²) in [6, 6.07) is 7.78. The summed E-state index contributed by atoms with van der Waals surface area (Å²) in [4.78, 5) is 1.02. The van der Waals surface area contributed by atoms with Crippen molar-refractivity contribution in [3.8, 4) is 0 Å². The first-order valence-corrected chi connectivity index (χ1v) is 6.36. The van der Waals surface area contributed by atoms with E-state index in [4.69, 9.17) is 0 Å². The first-order chi connectivity index (χ1) is 5.74. The van der Waals surface area contributed by atoms with Gasteiger partial charge in [0.15, 0.2) is 0 Å². The standard InChI is InChI=1S/C9H10OS2/c1-3-8-6-4-5-7-9(8)11-12(2)10/h3-7H,1H2,2H3. The molecule has 0 saturated heterocycles. The average Bonchev–Trinajstić information content (AvgIpc) is 2.04. The zero-order chi connectivity index (χ0) is 8.97. The smallest absolute Gasteiger partial charge is 0.0821 e. The first kappa shape index (κ1) is 9.55. The van der Waals surface area contributed by atoms with Crippen molar-refractivity contribution in [1.29, 1.82) is 0 Å². The number of hydrogen-bond acceptors (Lipinski definition) is 2. The Morgan fingerprint density at radius 3 is 2.75 bits per heavy atom. The van der Waals surface area contributed by atoms with Crippen molar-refractivity contribution >= 4 is 26.7 Å². The number of benzene rings is 1. The SMILES string of the molecule is C=Cc1ccccc1SS(C)=O. The van der Waals surface area contributed by atoms with Crippen LogP contribution in [0, 0.1) is 0 Å². The van der Waals surface area contributed by atoms with E-state index in [1.165, 1.54) is 10.8 Å². The lowest BCUT2D eigenvalue weighted by molar-refractivity contribution is 0.695. The van der Waals surface area contributed by atoms with Gasteiger partial charge in [0, 0.05) is 11.2 Å². The topological polar surface area (TPSA) is 17.1 Å². The molecule has 3 heteroatoms. The van der Waals surface area contributed by atoms with Crippen molar-refractivity contribution in [3.63, 3.8) is 0 Å². The van der Waals surface area contributed by atoms with Crippen LogP contribution in [0.5, 0.6) is 0 Å². The van der Waals surface area contributed by atoms with E-state index in [1.54, 1.807) is 12.3 Å². The highest BCUT2D eigenvalue weighted by Gasteiger charge is 2.00. The second-order valence-corrected chi connectivity index (χ2v) is 5.54. The highest BCUT2D eigenvalue weighted by Crippen LogP contribution is 2.25. The summed E-state index contributed by atoms with van der Waals surface area (Å²) in [7, 11) is 0.491. The van der Waals surface area contributed by atoms with E-state index in [-0.39, 0.29) is 0 Å². The molecule has 12 heavy (non-hydrogen) atoms. The summed E-state index contributed by atoms with van der Waals surface area (Å²) in [5, 5.41) is 0. The lowest BCUT2D eigenvalue weighted by atomic mass is 10.2. The van der Waals surface area contributed by atoms with Gasteiger partial charge in [-0.05, 0) is 22.4 Å². The van der Waals surface area contributed by atoms with Gasteiger partial charge in [0.25, 0.3) is 0 Å². The Morgan fingerprint density at radius 2 is 2.17 bits per heavy atom. The molecule has 0 aliphatic heterocycles. The minimum atomic E-state index is -0.860. The van der Waals surface area contributed by atoms with Crippen LogP contribution in [0.1, 0.15) is 5.56 Å². The highest BCUT2D eigenvalue weighted by atomic mass is 33.1. The van der Waals surface area contributed by atoms with Gasteiger partial charge in [0.1, 0.15) is 0 Å². The molecule has 0 saturated carbocycles. The van der Waals surface area contributed by atoms with Crippen molar-refractivity contribution in [2.45, 2.75) is 4.90 Å². The molecule has 0 aliphatic rings. The van der Waals surface area contributed by atoms with Crippen LogP contribution in [-0.4, -0.2) is 10.5 Å². The molecule has 0 aromatic heterocycles. The molecule has 0 bridgehead atoms. The second-order valence-electron chi connectivity index (χ2n) is 2.23. The van der Waals surface area contributed by atoms with Crippen LogP contribution in [0.3, 0.4) is 0 Å². The maximum Gasteiger partial charge on any atom is 0.0821 e. The number of hydrogen-bond donors (Lipinski definition) is 0. The summed E-state index contributed by atoms with van der Waals surface area (Å²) < 4.78 is 10.9. The molecular weight excluding hydrogens is 188 g/mol. The van der Waals surface area contributed by atoms with Crippen LogP contribution in [0.2, 0.25) is 0 Å². The quantitative estimate of drug-likeness (QED) is 0.695.